The van der Waals surface area contributed by atoms with Gasteiger partial charge in [-0.2, -0.15) is 0 Å². The van der Waals surface area contributed by atoms with Crippen LogP contribution in [0.4, 0.5) is 0 Å². The molecule has 11 heteroatoms. The number of aryl methyl sites for hydroxylation is 1. The van der Waals surface area contributed by atoms with Crippen molar-refractivity contribution in [3.63, 3.8) is 0 Å². The molecule has 278 valence electrons. The number of carbonyl (C=O) groups is 5. The number of fused-ring (bicyclic) bond motifs is 3. The number of carbonyl (C=O) groups excluding carboxylic acids is 5. The van der Waals surface area contributed by atoms with E-state index in [2.05, 4.69) is 39.8 Å². The van der Waals surface area contributed by atoms with Crippen molar-refractivity contribution in [2.24, 2.45) is 11.8 Å². The van der Waals surface area contributed by atoms with Crippen LogP contribution in [0.1, 0.15) is 130 Å². The van der Waals surface area contributed by atoms with Crippen molar-refractivity contribution in [1.29, 1.82) is 0 Å². The van der Waals surface area contributed by atoms with E-state index >= 15 is 0 Å². The van der Waals surface area contributed by atoms with Crippen LogP contribution in [0.3, 0.4) is 0 Å². The number of allylic oxidation sites excluding steroid dienone is 2. The van der Waals surface area contributed by atoms with Crippen LogP contribution in [0.2, 0.25) is 0 Å². The molecule has 0 saturated heterocycles. The fourth-order valence-corrected chi connectivity index (χ4v) is 6.57. The van der Waals surface area contributed by atoms with Gasteiger partial charge < -0.3 is 28.4 Å². The molecule has 2 aliphatic rings. The van der Waals surface area contributed by atoms with Gasteiger partial charge in [0.25, 0.3) is 0 Å². The Morgan fingerprint density at radius 1 is 0.900 bits per heavy atom. The van der Waals surface area contributed by atoms with E-state index in [0.717, 1.165) is 55.4 Å². The van der Waals surface area contributed by atoms with Gasteiger partial charge in [-0.25, -0.2) is 0 Å². The van der Waals surface area contributed by atoms with Crippen LogP contribution < -0.4 is 9.47 Å². The Kier molecular flexibility index (Phi) is 15.8. The highest BCUT2D eigenvalue weighted by Gasteiger charge is 2.45. The van der Waals surface area contributed by atoms with E-state index in [4.69, 9.17) is 28.4 Å². The summed E-state index contributed by atoms with van der Waals surface area (Å²) in [5.74, 6) is -1.16. The Bertz CT molecular complexity index is 1360. The quantitative estimate of drug-likeness (QED) is 0.0480. The second-order valence-corrected chi connectivity index (χ2v) is 14.2. The molecule has 3 rings (SSSR count). The number of hydrogen-bond acceptors (Lipinski definition) is 11. The lowest BCUT2D eigenvalue weighted by atomic mass is 9.68. The SMILES string of the molecule is CCCCCc1cc(OC(=O)CCCCOC(=O)CC(C)CC(=O)OC(COC(C)=O)COC(C)=O)c2c(c1)OC(C)(C)[C@@H]1CCC(C)=C[C@@H]21. The molecule has 0 spiro atoms. The molecule has 1 unspecified atom stereocenters. The third kappa shape index (κ3) is 13.1. The van der Waals surface area contributed by atoms with Gasteiger partial charge in [0.2, 0.25) is 0 Å². The van der Waals surface area contributed by atoms with Crippen LogP contribution in [0.5, 0.6) is 11.5 Å². The molecule has 3 atom stereocenters. The third-order valence-electron chi connectivity index (χ3n) is 9.11. The topological polar surface area (TPSA) is 141 Å². The Morgan fingerprint density at radius 2 is 1.58 bits per heavy atom. The Labute approximate surface area is 296 Å². The molecule has 1 aliphatic heterocycles. The first-order chi connectivity index (χ1) is 23.7. The van der Waals surface area contributed by atoms with Crippen molar-refractivity contribution < 1.29 is 52.4 Å². The molecule has 0 fully saturated rings. The Balaban J connectivity index is 1.49. The first kappa shape index (κ1) is 40.5. The van der Waals surface area contributed by atoms with Crippen LogP contribution in [0.15, 0.2) is 23.8 Å². The number of rotatable bonds is 19. The molecular weight excluding hydrogens is 644 g/mol. The zero-order valence-electron chi connectivity index (χ0n) is 30.9. The van der Waals surface area contributed by atoms with Crippen molar-refractivity contribution in [3.05, 3.63) is 34.9 Å². The van der Waals surface area contributed by atoms with Gasteiger partial charge in [0.05, 0.1) is 6.61 Å². The van der Waals surface area contributed by atoms with Crippen molar-refractivity contribution >= 4 is 29.8 Å². The molecule has 50 heavy (non-hydrogen) atoms. The smallest absolute Gasteiger partial charge is 0.311 e. The molecule has 0 aromatic heterocycles. The average molecular weight is 701 g/mol. The van der Waals surface area contributed by atoms with E-state index in [1.807, 2.05) is 6.07 Å². The van der Waals surface area contributed by atoms with Gasteiger partial charge in [-0.05, 0) is 82.9 Å². The number of esters is 5. The minimum atomic E-state index is -0.952. The highest BCUT2D eigenvalue weighted by molar-refractivity contribution is 5.74. The predicted octanol–water partition coefficient (Wildman–Crippen LogP) is 7.10. The standard InChI is InChI=1S/C39H56O11/c1-8-9-10-13-29-21-33(38-31-18-25(2)15-16-32(31)39(6,7)50-34(38)22-29)49-35(42)14-11-12-17-45-36(43)19-26(3)20-37(44)48-30(23-46-27(4)40)24-47-28(5)41/h18,21-22,26,30-32H,8-17,19-20,23-24H2,1-7H3/t26?,31-,32-/m1/s1. The van der Waals surface area contributed by atoms with Crippen LogP contribution >= 0.6 is 0 Å². The van der Waals surface area contributed by atoms with E-state index in [1.165, 1.54) is 19.4 Å². The number of hydrogen-bond donors (Lipinski definition) is 0. The van der Waals surface area contributed by atoms with Gasteiger partial charge in [0.15, 0.2) is 6.10 Å². The van der Waals surface area contributed by atoms with Gasteiger partial charge in [0, 0.05) is 50.5 Å². The first-order valence-corrected chi connectivity index (χ1v) is 18.0. The zero-order valence-corrected chi connectivity index (χ0v) is 30.9. The number of benzene rings is 1. The summed E-state index contributed by atoms with van der Waals surface area (Å²) in [6.45, 7) is 12.4. The highest BCUT2D eigenvalue weighted by atomic mass is 16.6. The van der Waals surface area contributed by atoms with Gasteiger partial charge in [-0.1, -0.05) is 38.3 Å². The second kappa shape index (κ2) is 19.5. The summed E-state index contributed by atoms with van der Waals surface area (Å²) in [5, 5.41) is 0. The molecule has 11 nitrogen and oxygen atoms in total. The van der Waals surface area contributed by atoms with E-state index in [1.54, 1.807) is 6.92 Å². The lowest BCUT2D eigenvalue weighted by Gasteiger charge is -2.46. The molecular formula is C39H56O11. The van der Waals surface area contributed by atoms with Gasteiger partial charge in [-0.3, -0.25) is 24.0 Å². The maximum absolute atomic E-state index is 13.1. The maximum atomic E-state index is 13.1. The summed E-state index contributed by atoms with van der Waals surface area (Å²) in [7, 11) is 0. The Morgan fingerprint density at radius 3 is 2.24 bits per heavy atom. The summed E-state index contributed by atoms with van der Waals surface area (Å²) in [6, 6.07) is 4.14. The van der Waals surface area contributed by atoms with E-state index < -0.39 is 30.0 Å². The maximum Gasteiger partial charge on any atom is 0.311 e. The largest absolute Gasteiger partial charge is 0.487 e. The predicted molar refractivity (Wildman–Crippen MR) is 186 cm³/mol. The lowest BCUT2D eigenvalue weighted by Crippen LogP contribution is -2.45. The van der Waals surface area contributed by atoms with Gasteiger partial charge in [-0.15, -0.1) is 0 Å². The molecule has 1 aromatic rings. The molecule has 0 amide bonds. The monoisotopic (exact) mass is 700 g/mol. The van der Waals surface area contributed by atoms with Crippen molar-refractivity contribution in [3.8, 4) is 11.5 Å². The fourth-order valence-electron chi connectivity index (χ4n) is 6.57. The first-order valence-electron chi connectivity index (χ1n) is 18.0. The molecule has 1 aromatic carbocycles. The van der Waals surface area contributed by atoms with Gasteiger partial charge in [0.1, 0.15) is 30.3 Å². The van der Waals surface area contributed by atoms with Crippen LogP contribution in [-0.2, 0) is 49.3 Å². The normalized spacial score (nSPS) is 18.0. The van der Waals surface area contributed by atoms with E-state index in [0.29, 0.717) is 18.6 Å². The van der Waals surface area contributed by atoms with Crippen molar-refractivity contribution in [1.82, 2.24) is 0 Å². The summed E-state index contributed by atoms with van der Waals surface area (Å²) in [4.78, 5) is 60.1. The molecule has 0 radical (unpaired) electrons. The minimum Gasteiger partial charge on any atom is -0.487 e. The molecule has 1 aliphatic carbocycles. The molecule has 0 N–H and O–H groups in total. The van der Waals surface area contributed by atoms with Crippen LogP contribution in [0, 0.1) is 11.8 Å². The number of ether oxygens (including phenoxy) is 6. The second-order valence-electron chi connectivity index (χ2n) is 14.2. The summed E-state index contributed by atoms with van der Waals surface area (Å²) < 4.78 is 33.0. The van der Waals surface area contributed by atoms with Crippen LogP contribution in [0.25, 0.3) is 0 Å². The molecule has 0 saturated carbocycles. The van der Waals surface area contributed by atoms with Gasteiger partial charge >= 0.3 is 29.8 Å². The minimum absolute atomic E-state index is 0.00956. The summed E-state index contributed by atoms with van der Waals surface area (Å²) in [5.41, 5.74) is 3.06. The highest BCUT2D eigenvalue weighted by Crippen LogP contribution is 2.53. The summed E-state index contributed by atoms with van der Waals surface area (Å²) >= 11 is 0. The summed E-state index contributed by atoms with van der Waals surface area (Å²) in [6.07, 6.45) is 8.63. The van der Waals surface area contributed by atoms with E-state index in [-0.39, 0.29) is 68.4 Å². The van der Waals surface area contributed by atoms with Crippen molar-refractivity contribution in [2.45, 2.75) is 137 Å². The average Bonchev–Trinajstić information content (AvgIpc) is 3.01. The Hall–Kier alpha value is -3.89. The number of unbranched alkanes of at least 4 members (excludes halogenated alkanes) is 3. The van der Waals surface area contributed by atoms with Crippen LogP contribution in [-0.4, -0.2) is 61.4 Å². The van der Waals surface area contributed by atoms with Crippen molar-refractivity contribution in [2.75, 3.05) is 19.8 Å². The van der Waals surface area contributed by atoms with E-state index in [9.17, 15) is 24.0 Å². The fraction of sp³-hybridized carbons (Fsp3) is 0.667. The zero-order chi connectivity index (χ0) is 36.8. The lowest BCUT2D eigenvalue weighted by molar-refractivity contribution is -0.166. The molecule has 0 bridgehead atoms. The third-order valence-corrected chi connectivity index (χ3v) is 9.11. The molecule has 1 heterocycles.